The Morgan fingerprint density at radius 2 is 2.83 bits per heavy atom. The van der Waals surface area contributed by atoms with Crippen LogP contribution in [0.3, 0.4) is 0 Å². The summed E-state index contributed by atoms with van der Waals surface area (Å²) in [4.78, 5) is 0. The highest BCUT2D eigenvalue weighted by molar-refractivity contribution is 4.88. The van der Waals surface area contributed by atoms with Gasteiger partial charge in [-0.1, -0.05) is 12.1 Å². The minimum Gasteiger partial charge on any atom is -0.313 e. The first-order chi connectivity index (χ1) is 3.39. The predicted molar refractivity (Wildman–Crippen MR) is 26.6 cm³/mol. The molecule has 0 aromatic carbocycles. The minimum absolute atomic E-state index is 0.777. The van der Waals surface area contributed by atoms with E-state index in [2.05, 4.69) is 5.32 Å². The van der Waals surface area contributed by atoms with Crippen molar-refractivity contribution in [3.63, 3.8) is 0 Å². The van der Waals surface area contributed by atoms with Gasteiger partial charge in [0, 0.05) is 6.54 Å². The van der Waals surface area contributed by atoms with Gasteiger partial charge in [-0.25, -0.2) is 0 Å². The lowest BCUT2D eigenvalue weighted by Crippen LogP contribution is -2.17. The molecule has 0 radical (unpaired) electrons. The van der Waals surface area contributed by atoms with Gasteiger partial charge >= 0.3 is 0 Å². The van der Waals surface area contributed by atoms with Crippen LogP contribution in [-0.4, -0.2) is 13.1 Å². The summed E-state index contributed by atoms with van der Waals surface area (Å²) in [6, 6.07) is 0.777. The smallest absolute Gasteiger partial charge is 0.0573 e. The Balaban J connectivity index is 2.40. The fourth-order valence-electron chi connectivity index (χ4n) is 0.509. The van der Waals surface area contributed by atoms with Crippen LogP contribution in [0.15, 0.2) is 12.1 Å². The maximum absolute atomic E-state index is 7.09. The second-order valence-electron chi connectivity index (χ2n) is 1.36. The third-order valence-electron chi connectivity index (χ3n) is 0.837. The predicted octanol–water partition coefficient (Wildman–Crippen LogP) is 0.536. The average molecular weight is 84.1 g/mol. The van der Waals surface area contributed by atoms with Gasteiger partial charge in [0.15, 0.2) is 0 Å². The molecule has 1 N–H and O–H groups in total. The summed E-state index contributed by atoms with van der Waals surface area (Å²) in [5, 5.41) is 3.12. The molecule has 0 amide bonds. The number of hydrogen-bond donors (Lipinski definition) is 1. The first-order valence-electron chi connectivity index (χ1n) is 2.76. The molecule has 0 bridgehead atoms. The fraction of sp³-hybridized carbons (Fsp3) is 0.600. The van der Waals surface area contributed by atoms with Crippen molar-refractivity contribution in [1.82, 2.24) is 5.32 Å². The van der Waals surface area contributed by atoms with E-state index in [0.717, 1.165) is 25.6 Å². The Hall–Kier alpha value is -0.300. The molecule has 0 atom stereocenters. The SMILES string of the molecule is [2H]C1=CCNCC1. The van der Waals surface area contributed by atoms with Gasteiger partial charge in [-0.15, -0.1) is 0 Å². The van der Waals surface area contributed by atoms with Gasteiger partial charge in [-0.3, -0.25) is 0 Å². The van der Waals surface area contributed by atoms with Crippen molar-refractivity contribution in [3.05, 3.63) is 12.1 Å². The summed E-state index contributed by atoms with van der Waals surface area (Å²) >= 11 is 0. The highest BCUT2D eigenvalue weighted by Gasteiger charge is 1.84. The van der Waals surface area contributed by atoms with Gasteiger partial charge in [-0.05, 0) is 13.0 Å². The highest BCUT2D eigenvalue weighted by Crippen LogP contribution is 1.84. The highest BCUT2D eigenvalue weighted by atomic mass is 14.8. The zero-order valence-electron chi connectivity index (χ0n) is 4.70. The van der Waals surface area contributed by atoms with Gasteiger partial charge in [-0.2, -0.15) is 0 Å². The molecule has 1 aliphatic heterocycles. The topological polar surface area (TPSA) is 12.0 Å². The van der Waals surface area contributed by atoms with Crippen molar-refractivity contribution in [1.29, 1.82) is 0 Å². The summed E-state index contributed by atoms with van der Waals surface area (Å²) in [6.07, 6.45) is 2.81. The molecule has 0 spiro atoms. The first kappa shape index (κ1) is 2.80. The molecule has 0 aromatic rings. The summed E-state index contributed by atoms with van der Waals surface area (Å²) in [7, 11) is 0. The Morgan fingerprint density at radius 1 is 1.83 bits per heavy atom. The molecule has 1 rings (SSSR count). The minimum atomic E-state index is 0.777. The zero-order valence-corrected chi connectivity index (χ0v) is 3.70. The summed E-state index contributed by atoms with van der Waals surface area (Å²) < 4.78 is 7.09. The zero-order chi connectivity index (χ0) is 5.11. The molecular formula is C5H9N. The van der Waals surface area contributed by atoms with Crippen LogP contribution in [0.4, 0.5) is 0 Å². The first-order valence-corrected chi connectivity index (χ1v) is 2.26. The quantitative estimate of drug-likeness (QED) is 0.422. The van der Waals surface area contributed by atoms with Gasteiger partial charge < -0.3 is 5.32 Å². The van der Waals surface area contributed by atoms with E-state index in [1.807, 2.05) is 6.08 Å². The molecule has 34 valence electrons. The standard InChI is InChI=1S/C5H9N/c1-2-4-6-5-3-1/h1-2,6H,3-5H2/i1D. The van der Waals surface area contributed by atoms with Crippen LogP contribution >= 0.6 is 0 Å². The Labute approximate surface area is 39.5 Å². The van der Waals surface area contributed by atoms with Crippen LogP contribution in [0.1, 0.15) is 7.79 Å². The maximum Gasteiger partial charge on any atom is 0.0573 e. The Bertz CT molecular complexity index is 88.1. The van der Waals surface area contributed by atoms with Crippen LogP contribution < -0.4 is 5.32 Å². The van der Waals surface area contributed by atoms with E-state index in [0.29, 0.717) is 0 Å². The number of hydrogen-bond acceptors (Lipinski definition) is 1. The van der Waals surface area contributed by atoms with Gasteiger partial charge in [0.2, 0.25) is 0 Å². The summed E-state index contributed by atoms with van der Waals surface area (Å²) in [5.74, 6) is 0. The molecule has 1 heterocycles. The number of nitrogens with one attached hydrogen (secondary N) is 1. The molecule has 0 aliphatic carbocycles. The van der Waals surface area contributed by atoms with Crippen molar-refractivity contribution >= 4 is 0 Å². The molecule has 0 aromatic heterocycles. The average Bonchev–Trinajstić information content (AvgIpc) is 1.69. The molecular weight excluding hydrogens is 74.1 g/mol. The summed E-state index contributed by atoms with van der Waals surface area (Å²) in [6.45, 7) is 1.87. The lowest BCUT2D eigenvalue weighted by molar-refractivity contribution is 0.728. The van der Waals surface area contributed by atoms with Crippen LogP contribution in [0.2, 0.25) is 0 Å². The Morgan fingerprint density at radius 3 is 3.17 bits per heavy atom. The molecule has 1 nitrogen and oxygen atoms in total. The lowest BCUT2D eigenvalue weighted by Gasteiger charge is -2.01. The molecule has 0 saturated heterocycles. The van der Waals surface area contributed by atoms with E-state index in [1.54, 1.807) is 0 Å². The van der Waals surface area contributed by atoms with Crippen molar-refractivity contribution in [2.75, 3.05) is 13.1 Å². The van der Waals surface area contributed by atoms with E-state index in [-0.39, 0.29) is 0 Å². The monoisotopic (exact) mass is 84.1 g/mol. The van der Waals surface area contributed by atoms with Gasteiger partial charge in [0.05, 0.1) is 1.37 Å². The van der Waals surface area contributed by atoms with E-state index >= 15 is 0 Å². The molecule has 0 unspecified atom stereocenters. The summed E-state index contributed by atoms with van der Waals surface area (Å²) in [5.41, 5.74) is 0. The molecule has 0 fully saturated rings. The van der Waals surface area contributed by atoms with Crippen molar-refractivity contribution in [2.45, 2.75) is 6.42 Å². The third-order valence-corrected chi connectivity index (χ3v) is 0.837. The largest absolute Gasteiger partial charge is 0.313 e. The third kappa shape index (κ3) is 0.830. The Kier molecular flexibility index (Phi) is 0.926. The lowest BCUT2D eigenvalue weighted by atomic mass is 10.3. The van der Waals surface area contributed by atoms with Crippen LogP contribution in [0, 0.1) is 0 Å². The van der Waals surface area contributed by atoms with Crippen molar-refractivity contribution in [3.8, 4) is 0 Å². The van der Waals surface area contributed by atoms with Gasteiger partial charge in [0.1, 0.15) is 0 Å². The van der Waals surface area contributed by atoms with E-state index in [1.165, 1.54) is 0 Å². The second kappa shape index (κ2) is 1.98. The second-order valence-corrected chi connectivity index (χ2v) is 1.36. The van der Waals surface area contributed by atoms with E-state index in [9.17, 15) is 0 Å². The fourth-order valence-corrected chi connectivity index (χ4v) is 0.509. The van der Waals surface area contributed by atoms with Crippen LogP contribution in [0.25, 0.3) is 0 Å². The normalized spacial score (nSPS) is 25.3. The van der Waals surface area contributed by atoms with Crippen molar-refractivity contribution in [2.24, 2.45) is 0 Å². The van der Waals surface area contributed by atoms with Crippen molar-refractivity contribution < 1.29 is 1.37 Å². The van der Waals surface area contributed by atoms with E-state index in [4.69, 9.17) is 1.37 Å². The number of rotatable bonds is 0. The molecule has 1 heteroatoms. The maximum atomic E-state index is 7.09. The molecule has 6 heavy (non-hydrogen) atoms. The van der Waals surface area contributed by atoms with Gasteiger partial charge in [0.25, 0.3) is 0 Å². The van der Waals surface area contributed by atoms with Crippen LogP contribution in [-0.2, 0) is 0 Å². The van der Waals surface area contributed by atoms with E-state index < -0.39 is 0 Å². The van der Waals surface area contributed by atoms with Crippen LogP contribution in [0.5, 0.6) is 0 Å². The molecule has 1 aliphatic rings. The molecule has 0 saturated carbocycles.